The van der Waals surface area contributed by atoms with E-state index in [1.807, 2.05) is 4.90 Å². The molecule has 27 heavy (non-hydrogen) atoms. The van der Waals surface area contributed by atoms with Crippen LogP contribution in [-0.2, 0) is 4.79 Å². The molecule has 0 saturated heterocycles. The maximum atomic E-state index is 12.5. The molecule has 0 spiro atoms. The van der Waals surface area contributed by atoms with Crippen LogP contribution in [0.25, 0.3) is 0 Å². The second-order valence-electron chi connectivity index (χ2n) is 9.72. The normalized spacial score (nSPS) is 31.2. The largest absolute Gasteiger partial charge is 0.340 e. The molecule has 3 amide bonds. The number of carbonyl (C=O) groups excluding carboxylic acids is 2. The smallest absolute Gasteiger partial charge is 0.315 e. The van der Waals surface area contributed by atoms with Crippen LogP contribution in [0.4, 0.5) is 4.79 Å². The summed E-state index contributed by atoms with van der Waals surface area (Å²) in [6.07, 6.45) is 11.4. The average molecular weight is 378 g/mol. The Labute approximate surface area is 165 Å². The third kappa shape index (κ3) is 5.17. The molecule has 4 saturated carbocycles. The zero-order chi connectivity index (χ0) is 19.4. The van der Waals surface area contributed by atoms with Gasteiger partial charge in [-0.3, -0.25) is 4.79 Å². The number of hydrogen-bond acceptors (Lipinski definition) is 2. The summed E-state index contributed by atoms with van der Waals surface area (Å²) in [5, 5.41) is 6.27. The van der Waals surface area contributed by atoms with E-state index in [1.54, 1.807) is 0 Å². The number of nitrogens with one attached hydrogen (secondary N) is 2. The first-order valence-corrected chi connectivity index (χ1v) is 11.3. The van der Waals surface area contributed by atoms with Crippen molar-refractivity contribution in [1.82, 2.24) is 15.5 Å². The summed E-state index contributed by atoms with van der Waals surface area (Å²) in [6.45, 7) is 7.56. The monoisotopic (exact) mass is 377 g/mol. The number of carbonyl (C=O) groups is 2. The zero-order valence-corrected chi connectivity index (χ0v) is 17.6. The van der Waals surface area contributed by atoms with Gasteiger partial charge >= 0.3 is 6.03 Å². The molecular formula is C22H39N3O2. The minimum Gasteiger partial charge on any atom is -0.340 e. The van der Waals surface area contributed by atoms with E-state index >= 15 is 0 Å². The second-order valence-corrected chi connectivity index (χ2v) is 9.72. The Hall–Kier alpha value is -1.26. The van der Waals surface area contributed by atoms with E-state index < -0.39 is 0 Å². The Kier molecular flexibility index (Phi) is 6.69. The quantitative estimate of drug-likeness (QED) is 0.595. The number of hydrogen-bond donors (Lipinski definition) is 2. The van der Waals surface area contributed by atoms with Crippen LogP contribution in [0, 0.1) is 17.8 Å². The Bertz CT molecular complexity index is 496. The van der Waals surface area contributed by atoms with Crippen LogP contribution in [-0.4, -0.2) is 41.5 Å². The highest BCUT2D eigenvalue weighted by Gasteiger charge is 2.51. The minimum atomic E-state index is -0.0770. The Morgan fingerprint density at radius 3 is 2.15 bits per heavy atom. The van der Waals surface area contributed by atoms with E-state index in [9.17, 15) is 9.59 Å². The highest BCUT2D eigenvalue weighted by molar-refractivity contribution is 5.78. The first kappa shape index (κ1) is 20.5. The van der Waals surface area contributed by atoms with Gasteiger partial charge < -0.3 is 15.5 Å². The Balaban J connectivity index is 1.41. The lowest BCUT2D eigenvalue weighted by Gasteiger charge is -2.56. The first-order valence-electron chi connectivity index (χ1n) is 11.3. The van der Waals surface area contributed by atoms with E-state index in [0.717, 1.165) is 62.8 Å². The SMILES string of the molecule is CCCCCN(C(=O)CCNC(=O)NC12CC3CC(CC(C3)C1)C2)C(C)C. The fourth-order valence-corrected chi connectivity index (χ4v) is 6.18. The summed E-state index contributed by atoms with van der Waals surface area (Å²) in [6, 6.07) is 0.141. The molecule has 5 nitrogen and oxygen atoms in total. The highest BCUT2D eigenvalue weighted by atomic mass is 16.2. The fraction of sp³-hybridized carbons (Fsp3) is 0.909. The molecular weight excluding hydrogens is 338 g/mol. The van der Waals surface area contributed by atoms with Gasteiger partial charge in [-0.1, -0.05) is 19.8 Å². The molecule has 0 aromatic heterocycles. The van der Waals surface area contributed by atoms with Crippen LogP contribution in [0.5, 0.6) is 0 Å². The third-order valence-corrected chi connectivity index (χ3v) is 6.99. The van der Waals surface area contributed by atoms with Crippen molar-refractivity contribution in [2.75, 3.05) is 13.1 Å². The van der Waals surface area contributed by atoms with Crippen LogP contribution in [0.3, 0.4) is 0 Å². The Morgan fingerprint density at radius 2 is 1.63 bits per heavy atom. The molecule has 0 heterocycles. The van der Waals surface area contributed by atoms with Gasteiger partial charge in [-0.15, -0.1) is 0 Å². The third-order valence-electron chi connectivity index (χ3n) is 6.99. The van der Waals surface area contributed by atoms with Gasteiger partial charge in [0, 0.05) is 31.1 Å². The number of unbranched alkanes of at least 4 members (excludes halogenated alkanes) is 2. The molecule has 2 N–H and O–H groups in total. The molecule has 4 bridgehead atoms. The molecule has 5 heteroatoms. The summed E-state index contributed by atoms with van der Waals surface area (Å²) < 4.78 is 0. The summed E-state index contributed by atoms with van der Waals surface area (Å²) >= 11 is 0. The molecule has 0 aromatic carbocycles. The van der Waals surface area contributed by atoms with Crippen molar-refractivity contribution in [1.29, 1.82) is 0 Å². The molecule has 0 atom stereocenters. The van der Waals surface area contributed by atoms with Gasteiger partial charge in [0.2, 0.25) is 5.91 Å². The van der Waals surface area contributed by atoms with Gasteiger partial charge in [-0.05, 0) is 76.5 Å². The summed E-state index contributed by atoms with van der Waals surface area (Å²) in [4.78, 5) is 27.0. The van der Waals surface area contributed by atoms with E-state index in [4.69, 9.17) is 0 Å². The number of amides is 3. The van der Waals surface area contributed by atoms with Gasteiger partial charge in [-0.25, -0.2) is 4.79 Å². The molecule has 0 unspecified atom stereocenters. The molecule has 154 valence electrons. The highest BCUT2D eigenvalue weighted by Crippen LogP contribution is 2.55. The van der Waals surface area contributed by atoms with Crippen molar-refractivity contribution in [2.45, 2.75) is 96.6 Å². The topological polar surface area (TPSA) is 61.4 Å². The lowest BCUT2D eigenvalue weighted by molar-refractivity contribution is -0.132. The van der Waals surface area contributed by atoms with Crippen molar-refractivity contribution in [3.05, 3.63) is 0 Å². The van der Waals surface area contributed by atoms with E-state index in [0.29, 0.717) is 13.0 Å². The summed E-state index contributed by atoms with van der Waals surface area (Å²) in [5.74, 6) is 2.61. The van der Waals surface area contributed by atoms with Crippen LogP contribution in [0.2, 0.25) is 0 Å². The van der Waals surface area contributed by atoms with Crippen molar-refractivity contribution < 1.29 is 9.59 Å². The van der Waals surface area contributed by atoms with E-state index in [2.05, 4.69) is 31.4 Å². The molecule has 0 radical (unpaired) electrons. The van der Waals surface area contributed by atoms with Gasteiger partial charge in [0.25, 0.3) is 0 Å². The summed E-state index contributed by atoms with van der Waals surface area (Å²) in [7, 11) is 0. The number of urea groups is 1. The molecule has 4 aliphatic rings. The Morgan fingerprint density at radius 1 is 1.04 bits per heavy atom. The minimum absolute atomic E-state index is 0.0347. The second kappa shape index (κ2) is 8.83. The maximum absolute atomic E-state index is 12.5. The van der Waals surface area contributed by atoms with E-state index in [1.165, 1.54) is 19.3 Å². The fourth-order valence-electron chi connectivity index (χ4n) is 6.18. The molecule has 0 aromatic rings. The van der Waals surface area contributed by atoms with Crippen molar-refractivity contribution in [2.24, 2.45) is 17.8 Å². The lowest BCUT2D eigenvalue weighted by atomic mass is 9.53. The van der Waals surface area contributed by atoms with Gasteiger partial charge in [0.05, 0.1) is 0 Å². The van der Waals surface area contributed by atoms with Crippen molar-refractivity contribution in [3.8, 4) is 0 Å². The average Bonchev–Trinajstić information content (AvgIpc) is 2.56. The van der Waals surface area contributed by atoms with E-state index in [-0.39, 0.29) is 23.5 Å². The van der Waals surface area contributed by atoms with Crippen LogP contribution in [0.15, 0.2) is 0 Å². The van der Waals surface area contributed by atoms with Crippen LogP contribution in [0.1, 0.15) is 85.0 Å². The maximum Gasteiger partial charge on any atom is 0.315 e. The molecule has 4 fully saturated rings. The first-order chi connectivity index (χ1) is 12.9. The molecule has 0 aliphatic heterocycles. The van der Waals surface area contributed by atoms with Crippen LogP contribution >= 0.6 is 0 Å². The predicted molar refractivity (Wildman–Crippen MR) is 108 cm³/mol. The van der Waals surface area contributed by atoms with Gasteiger partial charge in [-0.2, -0.15) is 0 Å². The molecule has 4 rings (SSSR count). The van der Waals surface area contributed by atoms with Crippen molar-refractivity contribution >= 4 is 11.9 Å². The van der Waals surface area contributed by atoms with Crippen molar-refractivity contribution in [3.63, 3.8) is 0 Å². The van der Waals surface area contributed by atoms with Gasteiger partial charge in [0.15, 0.2) is 0 Å². The molecule has 4 aliphatic carbocycles. The lowest BCUT2D eigenvalue weighted by Crippen LogP contribution is -2.61. The van der Waals surface area contributed by atoms with Gasteiger partial charge in [0.1, 0.15) is 0 Å². The predicted octanol–water partition coefficient (Wildman–Crippen LogP) is 4.07. The zero-order valence-electron chi connectivity index (χ0n) is 17.6. The number of nitrogens with zero attached hydrogens (tertiary/aromatic N) is 1. The number of rotatable bonds is 9. The van der Waals surface area contributed by atoms with Crippen LogP contribution < -0.4 is 10.6 Å². The summed E-state index contributed by atoms with van der Waals surface area (Å²) in [5.41, 5.74) is 0.0347. The standard InChI is InChI=1S/C22H39N3O2/c1-4-5-6-9-25(16(2)3)20(26)7-8-23-21(27)24-22-13-17-10-18(14-22)12-19(11-17)15-22/h16-19H,4-15H2,1-3H3,(H2,23,24,27).